The van der Waals surface area contributed by atoms with Gasteiger partial charge in [0.1, 0.15) is 11.5 Å². The Kier molecular flexibility index (Phi) is 7.82. The van der Waals surface area contributed by atoms with Crippen LogP contribution in [0.25, 0.3) is 10.9 Å². The quantitative estimate of drug-likeness (QED) is 0.240. The highest BCUT2D eigenvalue weighted by atomic mass is 16.3. The maximum absolute atomic E-state index is 13.3. The van der Waals surface area contributed by atoms with E-state index >= 15 is 0 Å². The second-order valence-corrected chi connectivity index (χ2v) is 9.19. The van der Waals surface area contributed by atoms with Crippen LogP contribution in [0.15, 0.2) is 48.5 Å². The van der Waals surface area contributed by atoms with Crippen LogP contribution in [0.2, 0.25) is 0 Å². The molecule has 1 aliphatic rings. The Hall–Kier alpha value is -3.65. The Bertz CT molecular complexity index is 1210. The van der Waals surface area contributed by atoms with E-state index in [1.54, 1.807) is 18.2 Å². The van der Waals surface area contributed by atoms with Crippen LogP contribution in [0.3, 0.4) is 0 Å². The lowest BCUT2D eigenvalue weighted by atomic mass is 9.89. The van der Waals surface area contributed by atoms with E-state index < -0.39 is 0 Å². The monoisotopic (exact) mass is 475 g/mol. The van der Waals surface area contributed by atoms with Crippen molar-refractivity contribution in [3.8, 4) is 0 Å². The lowest BCUT2D eigenvalue weighted by Gasteiger charge is -2.22. The van der Waals surface area contributed by atoms with Crippen molar-refractivity contribution in [1.82, 2.24) is 15.2 Å². The first-order valence-corrected chi connectivity index (χ1v) is 12.2. The number of aliphatic hydroxyl groups excluding tert-OH is 1. The molecule has 3 aromatic rings. The number of nitrogen functional groups attached to an aromatic ring is 1. The largest absolute Gasteiger partial charge is 0.395 e. The molecule has 2 amide bonds. The topological polar surface area (TPSA) is 133 Å². The van der Waals surface area contributed by atoms with Crippen molar-refractivity contribution in [3.05, 3.63) is 70.9 Å². The summed E-state index contributed by atoms with van der Waals surface area (Å²) < 4.78 is 1.94. The molecule has 184 valence electrons. The third-order valence-corrected chi connectivity index (χ3v) is 6.68. The van der Waals surface area contributed by atoms with E-state index in [1.807, 2.05) is 34.9 Å². The summed E-state index contributed by atoms with van der Waals surface area (Å²) in [6.45, 7) is 1.19. The van der Waals surface area contributed by atoms with Gasteiger partial charge in [-0.3, -0.25) is 15.0 Å². The number of fused-ring (bicyclic) bond motifs is 1. The maximum atomic E-state index is 13.3. The van der Waals surface area contributed by atoms with Gasteiger partial charge in [-0.1, -0.05) is 43.5 Å². The number of carbonyl (C=O) groups is 2. The SMILES string of the molecule is N=C(N)c1ccc2cc(C(=O)NCC3CCCCC3)n(Cc3ccc(C(=O)NCCO)cc3)c2c1. The van der Waals surface area contributed by atoms with Gasteiger partial charge >= 0.3 is 0 Å². The molecule has 0 saturated heterocycles. The summed E-state index contributed by atoms with van der Waals surface area (Å²) >= 11 is 0. The van der Waals surface area contributed by atoms with Crippen molar-refractivity contribution in [3.63, 3.8) is 0 Å². The van der Waals surface area contributed by atoms with E-state index in [1.165, 1.54) is 19.3 Å². The number of aliphatic hydroxyl groups is 1. The van der Waals surface area contributed by atoms with Crippen LogP contribution >= 0.6 is 0 Å². The highest BCUT2D eigenvalue weighted by molar-refractivity contribution is 6.02. The lowest BCUT2D eigenvalue weighted by molar-refractivity contribution is 0.0931. The highest BCUT2D eigenvalue weighted by Gasteiger charge is 2.19. The molecule has 0 aliphatic heterocycles. The molecule has 0 spiro atoms. The molecule has 2 aromatic carbocycles. The number of benzene rings is 2. The summed E-state index contributed by atoms with van der Waals surface area (Å²) in [4.78, 5) is 25.4. The second kappa shape index (κ2) is 11.2. The lowest BCUT2D eigenvalue weighted by Crippen LogP contribution is -2.31. The molecule has 0 unspecified atom stereocenters. The van der Waals surface area contributed by atoms with Crippen LogP contribution in [0.1, 0.15) is 64.1 Å². The van der Waals surface area contributed by atoms with E-state index in [0.29, 0.717) is 35.8 Å². The number of hydrogen-bond acceptors (Lipinski definition) is 4. The summed E-state index contributed by atoms with van der Waals surface area (Å²) in [5.74, 6) is 0.141. The molecule has 1 heterocycles. The third-order valence-electron chi connectivity index (χ3n) is 6.68. The average Bonchev–Trinajstić information content (AvgIpc) is 3.24. The molecule has 8 nitrogen and oxygen atoms in total. The predicted molar refractivity (Wildman–Crippen MR) is 137 cm³/mol. The van der Waals surface area contributed by atoms with Crippen LogP contribution in [-0.2, 0) is 6.54 Å². The Morgan fingerprint density at radius 2 is 1.69 bits per heavy atom. The standard InChI is InChI=1S/C27H33N5O3/c28-25(29)22-11-10-21-14-24(27(35)31-16-18-4-2-1-3-5-18)32(23(21)15-22)17-19-6-8-20(9-7-19)26(34)30-12-13-33/h6-11,14-15,18,33H,1-5,12-13,16-17H2,(H3,28,29)(H,30,34)(H,31,35). The van der Waals surface area contributed by atoms with Crippen LogP contribution in [0.4, 0.5) is 0 Å². The number of carbonyl (C=O) groups excluding carboxylic acids is 2. The van der Waals surface area contributed by atoms with Crippen LogP contribution in [0.5, 0.6) is 0 Å². The van der Waals surface area contributed by atoms with Gasteiger partial charge in [0.15, 0.2) is 0 Å². The van der Waals surface area contributed by atoms with E-state index in [4.69, 9.17) is 16.2 Å². The summed E-state index contributed by atoms with van der Waals surface area (Å²) in [6, 6.07) is 14.6. The first-order valence-electron chi connectivity index (χ1n) is 12.2. The smallest absolute Gasteiger partial charge is 0.267 e. The van der Waals surface area contributed by atoms with Crippen molar-refractivity contribution in [2.24, 2.45) is 11.7 Å². The molecular weight excluding hydrogens is 442 g/mol. The van der Waals surface area contributed by atoms with Crippen LogP contribution < -0.4 is 16.4 Å². The molecule has 6 N–H and O–H groups in total. The zero-order valence-corrected chi connectivity index (χ0v) is 19.8. The van der Waals surface area contributed by atoms with Crippen LogP contribution in [-0.4, -0.2) is 47.0 Å². The fourth-order valence-electron chi connectivity index (χ4n) is 4.71. The summed E-state index contributed by atoms with van der Waals surface area (Å²) in [5, 5.41) is 23.4. The first kappa shape index (κ1) is 24.5. The Morgan fingerprint density at radius 1 is 0.971 bits per heavy atom. The predicted octanol–water partition coefficient (Wildman–Crippen LogP) is 3.01. The van der Waals surface area contributed by atoms with Gasteiger partial charge in [0.05, 0.1) is 6.61 Å². The van der Waals surface area contributed by atoms with Crippen molar-refractivity contribution in [2.45, 2.75) is 38.6 Å². The van der Waals surface area contributed by atoms with Gasteiger partial charge < -0.3 is 26.0 Å². The molecule has 1 fully saturated rings. The molecule has 4 rings (SSSR count). The van der Waals surface area contributed by atoms with Crippen molar-refractivity contribution in [1.29, 1.82) is 5.41 Å². The van der Waals surface area contributed by atoms with Crippen molar-refractivity contribution in [2.75, 3.05) is 19.7 Å². The normalized spacial score (nSPS) is 14.1. The molecular formula is C27H33N5O3. The molecule has 0 radical (unpaired) electrons. The summed E-state index contributed by atoms with van der Waals surface area (Å²) in [5.41, 5.74) is 9.14. The number of rotatable bonds is 9. The summed E-state index contributed by atoms with van der Waals surface area (Å²) in [7, 11) is 0. The number of amidine groups is 1. The molecule has 0 bridgehead atoms. The third kappa shape index (κ3) is 5.89. The number of nitrogens with zero attached hydrogens (tertiary/aromatic N) is 1. The van der Waals surface area contributed by atoms with Crippen molar-refractivity contribution >= 4 is 28.6 Å². The maximum Gasteiger partial charge on any atom is 0.267 e. The highest BCUT2D eigenvalue weighted by Crippen LogP contribution is 2.25. The molecule has 8 heteroatoms. The fraction of sp³-hybridized carbons (Fsp3) is 0.370. The molecule has 1 aromatic heterocycles. The molecule has 1 saturated carbocycles. The summed E-state index contributed by atoms with van der Waals surface area (Å²) in [6.07, 6.45) is 6.04. The van der Waals surface area contributed by atoms with E-state index in [9.17, 15) is 9.59 Å². The molecule has 35 heavy (non-hydrogen) atoms. The zero-order chi connectivity index (χ0) is 24.8. The van der Waals surface area contributed by atoms with Gasteiger partial charge in [0.2, 0.25) is 0 Å². The Labute approximate surface area is 205 Å². The first-order chi connectivity index (χ1) is 17.0. The number of aromatic nitrogens is 1. The van der Waals surface area contributed by atoms with E-state index in [0.717, 1.165) is 29.3 Å². The van der Waals surface area contributed by atoms with Crippen LogP contribution in [0, 0.1) is 11.3 Å². The average molecular weight is 476 g/mol. The Balaban J connectivity index is 1.61. The van der Waals surface area contributed by atoms with Gasteiger partial charge in [-0.05, 0) is 48.6 Å². The number of nitrogens with one attached hydrogen (secondary N) is 3. The van der Waals surface area contributed by atoms with Crippen molar-refractivity contribution < 1.29 is 14.7 Å². The number of hydrogen-bond donors (Lipinski definition) is 5. The minimum absolute atomic E-state index is 0.0267. The van der Waals surface area contributed by atoms with Gasteiger partial charge in [0, 0.05) is 41.7 Å². The zero-order valence-electron chi connectivity index (χ0n) is 19.8. The minimum atomic E-state index is -0.245. The molecule has 1 aliphatic carbocycles. The Morgan fingerprint density at radius 3 is 2.37 bits per heavy atom. The van der Waals surface area contributed by atoms with E-state index in [2.05, 4.69) is 10.6 Å². The van der Waals surface area contributed by atoms with Gasteiger partial charge in [-0.15, -0.1) is 0 Å². The molecule has 0 atom stereocenters. The minimum Gasteiger partial charge on any atom is -0.395 e. The number of amides is 2. The second-order valence-electron chi connectivity index (χ2n) is 9.19. The van der Waals surface area contributed by atoms with Gasteiger partial charge in [-0.25, -0.2) is 0 Å². The van der Waals surface area contributed by atoms with Gasteiger partial charge in [-0.2, -0.15) is 0 Å². The fourth-order valence-corrected chi connectivity index (χ4v) is 4.71. The number of nitrogens with two attached hydrogens (primary N) is 1. The van der Waals surface area contributed by atoms with Gasteiger partial charge in [0.25, 0.3) is 11.8 Å². The van der Waals surface area contributed by atoms with E-state index in [-0.39, 0.29) is 30.8 Å².